The Bertz CT molecular complexity index is 99.9. The number of halogens is 3. The molecular formula is C2H4F3NOS. The van der Waals surface area contributed by atoms with Crippen LogP contribution in [0.2, 0.25) is 0 Å². The Morgan fingerprint density at radius 3 is 1.88 bits per heavy atom. The number of carbonyl (C=O) groups excluding carboxylic acids is 1. The largest absolute Gasteiger partial charge is 0.301 e. The van der Waals surface area contributed by atoms with Gasteiger partial charge >= 0.3 is 11.4 Å². The third kappa shape index (κ3) is 5.61. The van der Waals surface area contributed by atoms with Gasteiger partial charge in [-0.2, -0.15) is 0 Å². The number of hydrogen-bond acceptors (Lipinski definition) is 1. The predicted octanol–water partition coefficient (Wildman–Crippen LogP) is 1.50. The molecule has 0 radical (unpaired) electrons. The summed E-state index contributed by atoms with van der Waals surface area (Å²) in [4.78, 5) is 9.65. The first-order valence-electron chi connectivity index (χ1n) is 1.62. The molecule has 0 fully saturated rings. The Morgan fingerprint density at radius 1 is 1.50 bits per heavy atom. The number of nitrogens with one attached hydrogen (secondary N) is 1. The molecule has 0 rings (SSSR count). The van der Waals surface area contributed by atoms with E-state index in [1.54, 1.807) is 0 Å². The molecule has 1 N–H and O–H groups in total. The third-order valence-corrected chi connectivity index (χ3v) is 0.778. The summed E-state index contributed by atoms with van der Waals surface area (Å²) in [6.45, 7) is 0.820. The average Bonchev–Trinajstić information content (AvgIpc) is 1.21. The molecule has 0 unspecified atom stereocenters. The van der Waals surface area contributed by atoms with Gasteiger partial charge in [-0.05, 0) is 0 Å². The SMILES string of the molecule is CC(=O)NS(F)(F)F. The molecule has 0 bridgehead atoms. The normalized spacial score (nSPS) is 13.0. The van der Waals surface area contributed by atoms with Crippen LogP contribution in [0.25, 0.3) is 0 Å². The molecule has 6 heteroatoms. The molecule has 0 aliphatic heterocycles. The highest BCUT2D eigenvalue weighted by atomic mass is 32.3. The van der Waals surface area contributed by atoms with Crippen molar-refractivity contribution in [1.82, 2.24) is 4.72 Å². The molecule has 1 amide bonds. The van der Waals surface area contributed by atoms with E-state index in [1.165, 1.54) is 0 Å². The summed E-state index contributed by atoms with van der Waals surface area (Å²) in [7, 11) is 0. The van der Waals surface area contributed by atoms with Crippen molar-refractivity contribution in [2.75, 3.05) is 0 Å². The molecule has 0 heterocycles. The monoisotopic (exact) mass is 147 g/mol. The van der Waals surface area contributed by atoms with Crippen LogP contribution in [0.4, 0.5) is 11.7 Å². The van der Waals surface area contributed by atoms with Crippen molar-refractivity contribution in [3.63, 3.8) is 0 Å². The lowest BCUT2D eigenvalue weighted by atomic mass is 10.8. The zero-order valence-electron chi connectivity index (χ0n) is 3.95. The molecule has 0 saturated heterocycles. The zero-order valence-corrected chi connectivity index (χ0v) is 4.77. The fourth-order valence-electron chi connectivity index (χ4n) is 0.163. The quantitative estimate of drug-likeness (QED) is 0.598. The van der Waals surface area contributed by atoms with Crippen molar-refractivity contribution in [1.29, 1.82) is 0 Å². The van der Waals surface area contributed by atoms with Gasteiger partial charge in [0, 0.05) is 6.92 Å². The zero-order chi connectivity index (χ0) is 6.78. The lowest BCUT2D eigenvalue weighted by molar-refractivity contribution is -0.117. The fraction of sp³-hybridized carbons (Fsp3) is 0.500. The highest BCUT2D eigenvalue weighted by Gasteiger charge is 2.20. The summed E-state index contributed by atoms with van der Waals surface area (Å²) in [5, 5.41) is 0. The minimum Gasteiger partial charge on any atom is -0.274 e. The van der Waals surface area contributed by atoms with Crippen LogP contribution in [-0.2, 0) is 4.79 Å². The van der Waals surface area contributed by atoms with Gasteiger partial charge in [0.2, 0.25) is 5.91 Å². The summed E-state index contributed by atoms with van der Waals surface area (Å²) in [6.07, 6.45) is 0. The first kappa shape index (κ1) is 7.61. The maximum Gasteiger partial charge on any atom is 0.301 e. The van der Waals surface area contributed by atoms with Gasteiger partial charge in [0.15, 0.2) is 0 Å². The van der Waals surface area contributed by atoms with E-state index in [4.69, 9.17) is 0 Å². The molecule has 0 atom stereocenters. The molecule has 2 nitrogen and oxygen atoms in total. The number of carbonyl (C=O) groups is 1. The Kier molecular flexibility index (Phi) is 2.14. The van der Waals surface area contributed by atoms with Crippen LogP contribution in [0.3, 0.4) is 0 Å². The highest BCUT2D eigenvalue weighted by molar-refractivity contribution is 8.19. The van der Waals surface area contributed by atoms with Crippen LogP contribution >= 0.6 is 11.4 Å². The van der Waals surface area contributed by atoms with Crippen LogP contribution in [0.1, 0.15) is 6.92 Å². The summed E-state index contributed by atoms with van der Waals surface area (Å²) in [5.41, 5.74) is 0. The van der Waals surface area contributed by atoms with Crippen molar-refractivity contribution in [3.05, 3.63) is 0 Å². The number of hydrogen-bond donors (Lipinski definition) is 1. The molecule has 0 aliphatic carbocycles. The smallest absolute Gasteiger partial charge is 0.274 e. The van der Waals surface area contributed by atoms with Gasteiger partial charge in [0.25, 0.3) is 0 Å². The van der Waals surface area contributed by atoms with Crippen molar-refractivity contribution >= 4 is 17.3 Å². The van der Waals surface area contributed by atoms with E-state index in [0.29, 0.717) is 0 Å². The lowest BCUT2D eigenvalue weighted by Gasteiger charge is -2.07. The summed E-state index contributed by atoms with van der Waals surface area (Å²) in [5.74, 6) is -1.06. The van der Waals surface area contributed by atoms with Gasteiger partial charge in [-0.1, -0.05) is 0 Å². The van der Waals surface area contributed by atoms with Crippen molar-refractivity contribution in [3.8, 4) is 0 Å². The minimum atomic E-state index is -5.32. The van der Waals surface area contributed by atoms with Gasteiger partial charge in [0.1, 0.15) is 0 Å². The Labute approximate surface area is 46.4 Å². The maximum absolute atomic E-state index is 11.1. The minimum absolute atomic E-state index is 0.820. The molecule has 50 valence electrons. The summed E-state index contributed by atoms with van der Waals surface area (Å²) >= 11 is -5.32. The second-order valence-corrected chi connectivity index (χ2v) is 2.08. The average molecular weight is 147 g/mol. The molecule has 0 aromatic carbocycles. The molecule has 8 heavy (non-hydrogen) atoms. The first-order chi connectivity index (χ1) is 3.42. The molecule has 0 aromatic heterocycles. The van der Waals surface area contributed by atoms with Crippen LogP contribution in [0.15, 0.2) is 0 Å². The standard InChI is InChI=1S/C2H4F3NOS/c1-2(7)6-8(3,4)5/h1H3,(H,6,7). The van der Waals surface area contributed by atoms with E-state index in [1.807, 2.05) is 0 Å². The van der Waals surface area contributed by atoms with Crippen LogP contribution < -0.4 is 4.72 Å². The first-order valence-corrected chi connectivity index (χ1v) is 2.96. The van der Waals surface area contributed by atoms with E-state index >= 15 is 0 Å². The summed E-state index contributed by atoms with van der Waals surface area (Å²) < 4.78 is 34.0. The van der Waals surface area contributed by atoms with Gasteiger partial charge in [0.05, 0.1) is 0 Å². The maximum atomic E-state index is 11.1. The van der Waals surface area contributed by atoms with Gasteiger partial charge in [-0.3, -0.25) is 4.79 Å². The van der Waals surface area contributed by atoms with E-state index in [9.17, 15) is 16.5 Å². The molecule has 0 aromatic rings. The Hall–Kier alpha value is -0.390. The molecule has 0 spiro atoms. The predicted molar refractivity (Wildman–Crippen MR) is 24.7 cm³/mol. The number of amides is 1. The fourth-order valence-corrected chi connectivity index (χ4v) is 0.489. The Morgan fingerprint density at radius 2 is 1.88 bits per heavy atom. The second kappa shape index (κ2) is 2.25. The highest BCUT2D eigenvalue weighted by Crippen LogP contribution is 2.48. The number of rotatable bonds is 1. The topological polar surface area (TPSA) is 29.1 Å². The van der Waals surface area contributed by atoms with E-state index in [0.717, 1.165) is 11.6 Å². The Balaban J connectivity index is 3.55. The van der Waals surface area contributed by atoms with Crippen molar-refractivity contribution in [2.45, 2.75) is 6.92 Å². The van der Waals surface area contributed by atoms with Gasteiger partial charge in [-0.25, -0.2) is 4.72 Å². The lowest BCUT2D eigenvalue weighted by Crippen LogP contribution is -2.16. The van der Waals surface area contributed by atoms with Crippen LogP contribution in [0.5, 0.6) is 0 Å². The molecule has 0 saturated carbocycles. The third-order valence-electron chi connectivity index (χ3n) is 0.259. The van der Waals surface area contributed by atoms with Crippen molar-refractivity contribution < 1.29 is 16.5 Å². The van der Waals surface area contributed by atoms with E-state index in [-0.39, 0.29) is 0 Å². The van der Waals surface area contributed by atoms with Crippen LogP contribution in [-0.4, -0.2) is 5.91 Å². The van der Waals surface area contributed by atoms with E-state index in [2.05, 4.69) is 0 Å². The molecular weight excluding hydrogens is 143 g/mol. The second-order valence-electron chi connectivity index (χ2n) is 1.06. The molecule has 0 aliphatic rings. The van der Waals surface area contributed by atoms with E-state index < -0.39 is 17.3 Å². The van der Waals surface area contributed by atoms with Crippen molar-refractivity contribution in [2.24, 2.45) is 0 Å². The summed E-state index contributed by atoms with van der Waals surface area (Å²) in [6, 6.07) is 0. The van der Waals surface area contributed by atoms with Gasteiger partial charge < -0.3 is 0 Å². The van der Waals surface area contributed by atoms with Gasteiger partial charge in [-0.15, -0.1) is 11.7 Å². The van der Waals surface area contributed by atoms with Crippen LogP contribution in [0, 0.1) is 0 Å².